The summed E-state index contributed by atoms with van der Waals surface area (Å²) >= 11 is 1.55. The number of hydrogen-bond donors (Lipinski definition) is 1. The summed E-state index contributed by atoms with van der Waals surface area (Å²) in [5, 5.41) is 12.5. The van der Waals surface area contributed by atoms with Gasteiger partial charge < -0.3 is 9.52 Å². The van der Waals surface area contributed by atoms with Gasteiger partial charge in [-0.2, -0.15) is 0 Å². The molecule has 0 bridgehead atoms. The first-order valence-corrected chi connectivity index (χ1v) is 4.83. The Hall–Kier alpha value is -1.13. The number of hydrogen-bond acceptors (Lipinski definition) is 4. The molecule has 1 N–H and O–H groups in total. The lowest BCUT2D eigenvalue weighted by Gasteiger charge is -2.04. The molecule has 68 valence electrons. The van der Waals surface area contributed by atoms with Crippen molar-refractivity contribution in [1.29, 1.82) is 0 Å². The molecule has 0 fully saturated rings. The van der Waals surface area contributed by atoms with E-state index in [0.717, 1.165) is 10.6 Å². The molecule has 0 radical (unpaired) electrons. The third kappa shape index (κ3) is 1.96. The maximum absolute atomic E-state index is 9.69. The molecule has 0 spiro atoms. The summed E-state index contributed by atoms with van der Waals surface area (Å²) in [5.41, 5.74) is 0.801. The Kier molecular flexibility index (Phi) is 2.42. The number of rotatable bonds is 3. The van der Waals surface area contributed by atoms with Crippen LogP contribution in [0.2, 0.25) is 0 Å². The zero-order chi connectivity index (χ0) is 9.10. The zero-order valence-corrected chi connectivity index (χ0v) is 7.70. The third-order valence-corrected chi connectivity index (χ3v) is 2.58. The molecule has 1 atom stereocenters. The standard InChI is InChI=1S/C9H9NO2S/c11-8(7-1-3-12-6-7)5-9-10-2-4-13-9/h1-4,6,8,11H,5H2. The van der Waals surface area contributed by atoms with Crippen LogP contribution in [0.3, 0.4) is 0 Å². The fraction of sp³-hybridized carbons (Fsp3) is 0.222. The van der Waals surface area contributed by atoms with Gasteiger partial charge in [0.2, 0.25) is 0 Å². The Labute approximate surface area is 79.7 Å². The molecule has 1 unspecified atom stereocenters. The quantitative estimate of drug-likeness (QED) is 0.814. The summed E-state index contributed by atoms with van der Waals surface area (Å²) in [6.45, 7) is 0. The van der Waals surface area contributed by atoms with Crippen molar-refractivity contribution in [2.45, 2.75) is 12.5 Å². The van der Waals surface area contributed by atoms with Crippen LogP contribution in [0.25, 0.3) is 0 Å². The fourth-order valence-electron chi connectivity index (χ4n) is 1.10. The normalized spacial score (nSPS) is 13.0. The molecule has 0 saturated carbocycles. The molecule has 3 nitrogen and oxygen atoms in total. The van der Waals surface area contributed by atoms with Gasteiger partial charge in [0.05, 0.1) is 23.6 Å². The van der Waals surface area contributed by atoms with Crippen LogP contribution in [-0.4, -0.2) is 10.1 Å². The Morgan fingerprint density at radius 1 is 1.62 bits per heavy atom. The van der Waals surface area contributed by atoms with Crippen molar-refractivity contribution in [3.63, 3.8) is 0 Å². The molecule has 0 aliphatic carbocycles. The summed E-state index contributed by atoms with van der Waals surface area (Å²) < 4.78 is 4.88. The molecule has 0 amide bonds. The number of thiazole rings is 1. The molecule has 2 aromatic rings. The summed E-state index contributed by atoms with van der Waals surface area (Å²) in [6.07, 6.45) is 4.89. The van der Waals surface area contributed by atoms with Crippen molar-refractivity contribution < 1.29 is 9.52 Å². The molecule has 0 aliphatic rings. The van der Waals surface area contributed by atoms with Gasteiger partial charge in [0.15, 0.2) is 0 Å². The largest absolute Gasteiger partial charge is 0.472 e. The van der Waals surface area contributed by atoms with Crippen LogP contribution in [0, 0.1) is 0 Å². The number of nitrogens with zero attached hydrogens (tertiary/aromatic N) is 1. The van der Waals surface area contributed by atoms with E-state index in [1.807, 2.05) is 5.38 Å². The lowest BCUT2D eigenvalue weighted by Crippen LogP contribution is -1.99. The van der Waals surface area contributed by atoms with Gasteiger partial charge in [-0.05, 0) is 6.07 Å². The smallest absolute Gasteiger partial charge is 0.0960 e. The topological polar surface area (TPSA) is 46.3 Å². The minimum atomic E-state index is -0.509. The second kappa shape index (κ2) is 3.72. The fourth-order valence-corrected chi connectivity index (χ4v) is 1.76. The predicted octanol–water partition coefficient (Wildman–Crippen LogP) is 2.01. The molecule has 2 rings (SSSR count). The Morgan fingerprint density at radius 2 is 2.54 bits per heavy atom. The lowest BCUT2D eigenvalue weighted by atomic mass is 10.1. The van der Waals surface area contributed by atoms with Gasteiger partial charge in [0, 0.05) is 23.6 Å². The summed E-state index contributed by atoms with van der Waals surface area (Å²) in [5.74, 6) is 0. The van der Waals surface area contributed by atoms with E-state index in [1.54, 1.807) is 36.1 Å². The molecular weight excluding hydrogens is 186 g/mol. The first-order chi connectivity index (χ1) is 6.36. The Bertz CT molecular complexity index is 342. The number of aliphatic hydroxyl groups is 1. The van der Waals surface area contributed by atoms with E-state index < -0.39 is 6.10 Å². The SMILES string of the molecule is OC(Cc1nccs1)c1ccoc1. The highest BCUT2D eigenvalue weighted by molar-refractivity contribution is 7.09. The third-order valence-electron chi connectivity index (χ3n) is 1.78. The van der Waals surface area contributed by atoms with Gasteiger partial charge in [0.1, 0.15) is 0 Å². The average Bonchev–Trinajstić information content (AvgIpc) is 2.74. The second-order valence-electron chi connectivity index (χ2n) is 2.70. The average molecular weight is 195 g/mol. The van der Waals surface area contributed by atoms with Crippen LogP contribution in [0.4, 0.5) is 0 Å². The van der Waals surface area contributed by atoms with Crippen molar-refractivity contribution in [3.05, 3.63) is 40.7 Å². The summed E-state index contributed by atoms with van der Waals surface area (Å²) in [4.78, 5) is 4.09. The van der Waals surface area contributed by atoms with Crippen LogP contribution in [-0.2, 0) is 6.42 Å². The Balaban J connectivity index is 2.04. The first-order valence-electron chi connectivity index (χ1n) is 3.95. The minimum Gasteiger partial charge on any atom is -0.472 e. The van der Waals surface area contributed by atoms with Crippen LogP contribution < -0.4 is 0 Å². The van der Waals surface area contributed by atoms with Gasteiger partial charge in [-0.25, -0.2) is 4.98 Å². The minimum absolute atomic E-state index is 0.509. The molecule has 2 heterocycles. The molecule has 0 aromatic carbocycles. The molecule has 0 saturated heterocycles. The van der Waals surface area contributed by atoms with Crippen molar-refractivity contribution in [1.82, 2.24) is 4.98 Å². The molecular formula is C9H9NO2S. The van der Waals surface area contributed by atoms with E-state index >= 15 is 0 Å². The van der Waals surface area contributed by atoms with Crippen LogP contribution in [0.15, 0.2) is 34.6 Å². The molecule has 4 heteroatoms. The number of aromatic nitrogens is 1. The van der Waals surface area contributed by atoms with Gasteiger partial charge in [-0.3, -0.25) is 0 Å². The highest BCUT2D eigenvalue weighted by Gasteiger charge is 2.10. The maximum atomic E-state index is 9.69. The van der Waals surface area contributed by atoms with Crippen molar-refractivity contribution in [3.8, 4) is 0 Å². The number of aliphatic hydroxyl groups excluding tert-OH is 1. The van der Waals surface area contributed by atoms with Gasteiger partial charge in [-0.1, -0.05) is 0 Å². The van der Waals surface area contributed by atoms with Gasteiger partial charge in [-0.15, -0.1) is 11.3 Å². The zero-order valence-electron chi connectivity index (χ0n) is 6.88. The summed E-state index contributed by atoms with van der Waals surface area (Å²) in [7, 11) is 0. The van der Waals surface area contributed by atoms with Crippen LogP contribution in [0.5, 0.6) is 0 Å². The monoisotopic (exact) mass is 195 g/mol. The van der Waals surface area contributed by atoms with Gasteiger partial charge >= 0.3 is 0 Å². The van der Waals surface area contributed by atoms with E-state index in [1.165, 1.54) is 0 Å². The molecule has 0 aliphatic heterocycles. The van der Waals surface area contributed by atoms with E-state index in [4.69, 9.17) is 4.42 Å². The van der Waals surface area contributed by atoms with Crippen molar-refractivity contribution in [2.24, 2.45) is 0 Å². The predicted molar refractivity (Wildman–Crippen MR) is 49.5 cm³/mol. The van der Waals surface area contributed by atoms with Crippen LogP contribution in [0.1, 0.15) is 16.7 Å². The van der Waals surface area contributed by atoms with Crippen molar-refractivity contribution >= 4 is 11.3 Å². The van der Waals surface area contributed by atoms with Gasteiger partial charge in [0.25, 0.3) is 0 Å². The number of furan rings is 1. The van der Waals surface area contributed by atoms with E-state index in [2.05, 4.69) is 4.98 Å². The lowest BCUT2D eigenvalue weighted by molar-refractivity contribution is 0.177. The Morgan fingerprint density at radius 3 is 3.15 bits per heavy atom. The summed E-state index contributed by atoms with van der Waals surface area (Å²) in [6, 6.07) is 1.76. The van der Waals surface area contributed by atoms with Crippen molar-refractivity contribution in [2.75, 3.05) is 0 Å². The highest BCUT2D eigenvalue weighted by Crippen LogP contribution is 2.19. The second-order valence-corrected chi connectivity index (χ2v) is 3.68. The highest BCUT2D eigenvalue weighted by atomic mass is 32.1. The molecule has 13 heavy (non-hydrogen) atoms. The van der Waals surface area contributed by atoms with E-state index in [-0.39, 0.29) is 0 Å². The van der Waals surface area contributed by atoms with E-state index in [0.29, 0.717) is 6.42 Å². The van der Waals surface area contributed by atoms with Crippen LogP contribution >= 0.6 is 11.3 Å². The molecule has 2 aromatic heterocycles. The maximum Gasteiger partial charge on any atom is 0.0960 e. The first kappa shape index (κ1) is 8.47. The van der Waals surface area contributed by atoms with E-state index in [9.17, 15) is 5.11 Å².